The van der Waals surface area contributed by atoms with Gasteiger partial charge >= 0.3 is 0 Å². The predicted molar refractivity (Wildman–Crippen MR) is 150 cm³/mol. The third kappa shape index (κ3) is 3.25. The minimum absolute atomic E-state index is 0.193. The van der Waals surface area contributed by atoms with Crippen molar-refractivity contribution in [3.8, 4) is 23.2 Å². The lowest BCUT2D eigenvalue weighted by Gasteiger charge is -2.40. The summed E-state index contributed by atoms with van der Waals surface area (Å²) in [4.78, 5) is 2.40. The van der Waals surface area contributed by atoms with Crippen molar-refractivity contribution in [2.45, 2.75) is 26.0 Å². The average molecular weight is 573 g/mol. The number of hydrogen-bond donors (Lipinski definition) is 0. The summed E-state index contributed by atoms with van der Waals surface area (Å²) in [6, 6.07) is 17.5. The molecule has 0 N–H and O–H groups in total. The molecule has 4 aromatic rings. The molecule has 2 fully saturated rings. The van der Waals surface area contributed by atoms with Crippen LogP contribution in [0.1, 0.15) is 17.5 Å². The number of anilines is 1. The Labute approximate surface area is 214 Å². The smallest absolute Gasteiger partial charge is 0.269 e. The summed E-state index contributed by atoms with van der Waals surface area (Å²) in [5.74, 6) is 2.44. The molecule has 5 nitrogen and oxygen atoms in total. The van der Waals surface area contributed by atoms with Crippen molar-refractivity contribution in [2.75, 3.05) is 18.0 Å². The molecule has 3 heterocycles. The van der Waals surface area contributed by atoms with Crippen molar-refractivity contribution < 1.29 is 0 Å². The van der Waals surface area contributed by atoms with Gasteiger partial charge in [0.25, 0.3) is 6.71 Å². The van der Waals surface area contributed by atoms with E-state index in [4.69, 9.17) is 0 Å². The number of nitriles is 2. The van der Waals surface area contributed by atoms with Gasteiger partial charge in [-0.15, -0.1) is 0 Å². The molecule has 34 heavy (non-hydrogen) atoms. The van der Waals surface area contributed by atoms with Crippen molar-refractivity contribution in [1.29, 1.82) is 10.5 Å². The van der Waals surface area contributed by atoms with Gasteiger partial charge in [0.2, 0.25) is 0 Å². The van der Waals surface area contributed by atoms with Crippen LogP contribution in [-0.4, -0.2) is 29.4 Å². The zero-order valence-corrected chi connectivity index (χ0v) is 22.0. The second-order valence-corrected chi connectivity index (χ2v) is 11.8. The highest BCUT2D eigenvalue weighted by Crippen LogP contribution is 2.51. The maximum absolute atomic E-state index is 10.5. The van der Waals surface area contributed by atoms with E-state index in [-0.39, 0.29) is 12.1 Å². The van der Waals surface area contributed by atoms with Gasteiger partial charge in [0.05, 0.1) is 29.3 Å². The number of aromatic nitrogens is 2. The van der Waals surface area contributed by atoms with E-state index >= 15 is 0 Å². The van der Waals surface area contributed by atoms with E-state index < -0.39 is 0 Å². The van der Waals surface area contributed by atoms with Crippen LogP contribution in [0.2, 0.25) is 12.6 Å². The van der Waals surface area contributed by atoms with Crippen LogP contribution in [0.4, 0.5) is 5.69 Å². The zero-order valence-electron chi connectivity index (χ0n) is 18.8. The van der Waals surface area contributed by atoms with Crippen LogP contribution in [0.3, 0.4) is 0 Å². The third-order valence-electron chi connectivity index (χ3n) is 7.75. The molecule has 8 heteroatoms. The normalized spacial score (nSPS) is 17.1. The Morgan fingerprint density at radius 3 is 2.71 bits per heavy atom. The predicted octanol–water partition coefficient (Wildman–Crippen LogP) is 6.60. The molecule has 0 saturated carbocycles. The van der Waals surface area contributed by atoms with Crippen LogP contribution < -0.4 is 4.90 Å². The van der Waals surface area contributed by atoms with Gasteiger partial charge in [-0.25, -0.2) is 9.71 Å². The first kappa shape index (κ1) is 21.9. The van der Waals surface area contributed by atoms with Crippen LogP contribution in [0.15, 0.2) is 48.7 Å². The molecule has 0 amide bonds. The molecule has 1 unspecified atom stereocenters. The van der Waals surface area contributed by atoms with Gasteiger partial charge in [-0.2, -0.15) is 10.4 Å². The number of nitrogens with zero attached hydrogens (tertiary/aromatic N) is 5. The topological polar surface area (TPSA) is 68.6 Å². The first-order chi connectivity index (χ1) is 16.6. The summed E-state index contributed by atoms with van der Waals surface area (Å²) >= 11 is 2.36. The Morgan fingerprint density at radius 1 is 1.12 bits per heavy atom. The molecule has 6 rings (SSSR count). The van der Waals surface area contributed by atoms with E-state index in [1.54, 1.807) is 0 Å². The Balaban J connectivity index is 1.59. The van der Waals surface area contributed by atoms with E-state index in [1.165, 1.54) is 0 Å². The maximum atomic E-state index is 10.5. The first-order valence-corrected chi connectivity index (χ1v) is 15.6. The molecule has 0 bridgehead atoms. The highest BCUT2D eigenvalue weighted by atomic mass is 127. The van der Waals surface area contributed by atoms with Crippen molar-refractivity contribution in [3.05, 3.63) is 59.8 Å². The average Bonchev–Trinajstić information content (AvgIpc) is 3.47. The fourth-order valence-electron chi connectivity index (χ4n) is 6.12. The van der Waals surface area contributed by atoms with Crippen molar-refractivity contribution in [1.82, 2.24) is 9.55 Å². The molecule has 2 aliphatic heterocycles. The number of aryl methyl sites for hydroxylation is 1. The summed E-state index contributed by atoms with van der Waals surface area (Å²) in [6.45, 7) is 4.18. The molecule has 0 aliphatic carbocycles. The highest BCUT2D eigenvalue weighted by Gasteiger charge is 2.50. The highest BCUT2D eigenvalue weighted by molar-refractivity contribution is 14.2. The van der Waals surface area contributed by atoms with E-state index in [0.717, 1.165) is 81.8 Å². The van der Waals surface area contributed by atoms with E-state index in [2.05, 4.69) is 93.5 Å². The Hall–Kier alpha value is -2.61. The lowest BCUT2D eigenvalue weighted by Crippen LogP contribution is -2.43. The van der Waals surface area contributed by atoms with Gasteiger partial charge in [0.15, 0.2) is 0 Å². The van der Waals surface area contributed by atoms with E-state index in [1.807, 2.05) is 10.6 Å². The summed E-state index contributed by atoms with van der Waals surface area (Å²) < 4.78 is 2.03. The van der Waals surface area contributed by atoms with E-state index in [0.29, 0.717) is 6.37 Å². The van der Waals surface area contributed by atoms with Gasteiger partial charge in [0, 0.05) is 30.0 Å². The van der Waals surface area contributed by atoms with Crippen LogP contribution in [-0.2, 0) is 0 Å². The number of halogens is 1. The summed E-state index contributed by atoms with van der Waals surface area (Å²) in [5.41, 5.74) is 6.37. The van der Waals surface area contributed by atoms with Gasteiger partial charge in [0.1, 0.15) is 6.07 Å². The SMILES string of the molecule is Cc1ccc2c(cnn2PI)c1-c1c(C#N)c(N2CCC3(CB(C#N)C3)C2)cc2ccccc12. The van der Waals surface area contributed by atoms with Gasteiger partial charge < -0.3 is 4.90 Å². The number of hydrogen-bond acceptors (Lipinski definition) is 4. The molecular formula is C26H22BIN5P. The molecule has 1 aromatic heterocycles. The van der Waals surface area contributed by atoms with Gasteiger partial charge in [-0.3, -0.25) is 0 Å². The van der Waals surface area contributed by atoms with Crippen molar-refractivity contribution in [3.63, 3.8) is 0 Å². The fraction of sp³-hybridized carbons (Fsp3) is 0.269. The Bertz CT molecular complexity index is 1540. The van der Waals surface area contributed by atoms with Crippen LogP contribution in [0, 0.1) is 34.9 Å². The van der Waals surface area contributed by atoms with Crippen molar-refractivity contribution in [2.24, 2.45) is 5.41 Å². The largest absolute Gasteiger partial charge is 0.370 e. The summed E-state index contributed by atoms with van der Waals surface area (Å²) in [6.07, 6.45) is 5.53. The number of fused-ring (bicyclic) bond motifs is 2. The van der Waals surface area contributed by atoms with Gasteiger partial charge in [-0.1, -0.05) is 43.0 Å². The molecule has 3 aromatic carbocycles. The van der Waals surface area contributed by atoms with Crippen LogP contribution in [0.25, 0.3) is 32.8 Å². The molecular weight excluding hydrogens is 551 g/mol. The first-order valence-electron chi connectivity index (χ1n) is 11.5. The second-order valence-electron chi connectivity index (χ2n) is 9.72. The number of benzene rings is 3. The monoisotopic (exact) mass is 573 g/mol. The molecule has 1 atom stereocenters. The standard InChI is InChI=1S/C26H22BIN5P/c1-17-6-7-22-21(12-31-33(22)34-28)24(17)25-19-5-3-2-4-18(19)10-23(20(25)11-29)32-9-8-26(15-32)13-27(14-26)16-30/h2-7,10,12,34H,8-9,13-15H2,1H3. The molecule has 0 radical (unpaired) electrons. The molecule has 2 aliphatic rings. The van der Waals surface area contributed by atoms with Crippen LogP contribution >= 0.6 is 28.4 Å². The minimum Gasteiger partial charge on any atom is -0.370 e. The fourth-order valence-corrected chi connectivity index (χ4v) is 7.66. The van der Waals surface area contributed by atoms with Crippen LogP contribution in [0.5, 0.6) is 0 Å². The van der Waals surface area contributed by atoms with Crippen molar-refractivity contribution >= 4 is 62.5 Å². The Morgan fingerprint density at radius 2 is 1.94 bits per heavy atom. The molecule has 2 saturated heterocycles. The molecule has 166 valence electrons. The number of rotatable bonds is 3. The second kappa shape index (κ2) is 8.26. The minimum atomic E-state index is 0.193. The lowest BCUT2D eigenvalue weighted by atomic mass is 9.27. The quantitative estimate of drug-likeness (QED) is 0.158. The summed E-state index contributed by atoms with van der Waals surface area (Å²) in [7, 11) is 0. The zero-order chi connectivity index (χ0) is 23.4. The maximum Gasteiger partial charge on any atom is 0.269 e. The Kier molecular flexibility index (Phi) is 5.32. The lowest BCUT2D eigenvalue weighted by molar-refractivity contribution is 0.370. The van der Waals surface area contributed by atoms with E-state index in [9.17, 15) is 10.5 Å². The summed E-state index contributed by atoms with van der Waals surface area (Å²) in [5, 5.41) is 27.8. The third-order valence-corrected chi connectivity index (χ3v) is 9.64. The van der Waals surface area contributed by atoms with Gasteiger partial charge in [-0.05, 0) is 74.8 Å². The molecule has 1 spiro atoms.